The first-order valence-electron chi connectivity index (χ1n) is 4.98. The van der Waals surface area contributed by atoms with E-state index in [4.69, 9.17) is 0 Å². The molecule has 0 atom stereocenters. The lowest BCUT2D eigenvalue weighted by molar-refractivity contribution is 0.0314. The molecule has 3 heteroatoms. The number of β-amino-alcohol motifs (C(OH)–C–C–N with tert-alkyl or cyclic N) is 1. The van der Waals surface area contributed by atoms with E-state index in [1.807, 2.05) is 6.07 Å². The second kappa shape index (κ2) is 3.35. The van der Waals surface area contributed by atoms with Gasteiger partial charge >= 0.3 is 0 Å². The summed E-state index contributed by atoms with van der Waals surface area (Å²) in [4.78, 5) is 13.5. The van der Waals surface area contributed by atoms with Crippen LogP contribution in [0.4, 0.5) is 0 Å². The topological polar surface area (TPSA) is 40.5 Å². The highest BCUT2D eigenvalue weighted by molar-refractivity contribution is 5.98. The molecule has 2 rings (SSSR count). The van der Waals surface area contributed by atoms with E-state index in [9.17, 15) is 9.90 Å². The Morgan fingerprint density at radius 2 is 2.33 bits per heavy atom. The Labute approximate surface area is 89.3 Å². The quantitative estimate of drug-likeness (QED) is 0.786. The molecule has 1 aromatic rings. The zero-order valence-electron chi connectivity index (χ0n) is 8.95. The first-order chi connectivity index (χ1) is 6.97. The van der Waals surface area contributed by atoms with E-state index in [1.54, 1.807) is 30.9 Å². The van der Waals surface area contributed by atoms with Gasteiger partial charge in [0.2, 0.25) is 0 Å². The van der Waals surface area contributed by atoms with Crippen LogP contribution in [0.5, 0.6) is 0 Å². The van der Waals surface area contributed by atoms with Crippen molar-refractivity contribution < 1.29 is 9.90 Å². The Morgan fingerprint density at radius 3 is 2.93 bits per heavy atom. The van der Waals surface area contributed by atoms with Gasteiger partial charge in [-0.1, -0.05) is 6.07 Å². The Morgan fingerprint density at radius 1 is 1.60 bits per heavy atom. The summed E-state index contributed by atoms with van der Waals surface area (Å²) in [6, 6.07) is 8.31. The van der Waals surface area contributed by atoms with Crippen molar-refractivity contribution in [3.63, 3.8) is 0 Å². The standard InChI is InChI=1S/C12H14NO2/c1-12(2,15)8-13-7-9-5-3-4-6-10(9)11(13)14/h4-6,15H,7-8H2,1-2H3. The van der Waals surface area contributed by atoms with Gasteiger partial charge in [0.25, 0.3) is 5.91 Å². The number of aliphatic hydroxyl groups is 1. The third-order valence-electron chi connectivity index (χ3n) is 2.41. The van der Waals surface area contributed by atoms with Crippen molar-refractivity contribution in [3.8, 4) is 0 Å². The highest BCUT2D eigenvalue weighted by Gasteiger charge is 2.30. The van der Waals surface area contributed by atoms with Crippen LogP contribution in [-0.4, -0.2) is 28.1 Å². The molecule has 15 heavy (non-hydrogen) atoms. The predicted molar refractivity (Wildman–Crippen MR) is 56.3 cm³/mol. The normalized spacial score (nSPS) is 15.7. The van der Waals surface area contributed by atoms with Crippen LogP contribution < -0.4 is 0 Å². The van der Waals surface area contributed by atoms with Crippen LogP contribution in [-0.2, 0) is 6.54 Å². The first kappa shape index (κ1) is 10.2. The monoisotopic (exact) mass is 204 g/mol. The minimum atomic E-state index is -0.846. The van der Waals surface area contributed by atoms with Gasteiger partial charge < -0.3 is 10.0 Å². The largest absolute Gasteiger partial charge is 0.389 e. The number of nitrogens with zero attached hydrogens (tertiary/aromatic N) is 1. The smallest absolute Gasteiger partial charge is 0.254 e. The Bertz CT molecular complexity index is 393. The molecule has 3 nitrogen and oxygen atoms in total. The lowest BCUT2D eigenvalue weighted by Crippen LogP contribution is -2.38. The molecule has 0 bridgehead atoms. The van der Waals surface area contributed by atoms with Crippen LogP contribution in [0.1, 0.15) is 29.8 Å². The van der Waals surface area contributed by atoms with Crippen LogP contribution in [0.2, 0.25) is 0 Å². The van der Waals surface area contributed by atoms with Crippen molar-refractivity contribution in [2.24, 2.45) is 0 Å². The molecular formula is C12H14NO2. The van der Waals surface area contributed by atoms with Crippen LogP contribution >= 0.6 is 0 Å². The van der Waals surface area contributed by atoms with Crippen LogP contribution in [0.25, 0.3) is 0 Å². The molecule has 1 aromatic carbocycles. The zero-order valence-corrected chi connectivity index (χ0v) is 8.95. The van der Waals surface area contributed by atoms with Crippen LogP contribution in [0.3, 0.4) is 0 Å². The van der Waals surface area contributed by atoms with Crippen molar-refractivity contribution in [2.45, 2.75) is 26.0 Å². The zero-order chi connectivity index (χ0) is 11.1. The third kappa shape index (κ3) is 2.02. The van der Waals surface area contributed by atoms with Gasteiger partial charge in [0.05, 0.1) is 5.60 Å². The number of carbonyl (C=O) groups excluding carboxylic acids is 1. The van der Waals surface area contributed by atoms with E-state index >= 15 is 0 Å². The van der Waals surface area contributed by atoms with E-state index in [1.165, 1.54) is 0 Å². The van der Waals surface area contributed by atoms with Crippen molar-refractivity contribution in [1.82, 2.24) is 4.90 Å². The Balaban J connectivity index is 2.21. The average Bonchev–Trinajstić information content (AvgIpc) is 2.42. The molecule has 0 saturated heterocycles. The number of fused-ring (bicyclic) bond motifs is 1. The maximum absolute atomic E-state index is 11.9. The van der Waals surface area contributed by atoms with E-state index in [0.29, 0.717) is 13.1 Å². The van der Waals surface area contributed by atoms with Crippen molar-refractivity contribution in [3.05, 3.63) is 35.4 Å². The van der Waals surface area contributed by atoms with Crippen molar-refractivity contribution >= 4 is 5.91 Å². The molecule has 1 radical (unpaired) electrons. The molecule has 0 unspecified atom stereocenters. The summed E-state index contributed by atoms with van der Waals surface area (Å²) in [6.45, 7) is 4.35. The Hall–Kier alpha value is -1.35. The second-order valence-corrected chi connectivity index (χ2v) is 4.56. The van der Waals surface area contributed by atoms with E-state index in [2.05, 4.69) is 6.07 Å². The summed E-state index contributed by atoms with van der Waals surface area (Å²) >= 11 is 0. The summed E-state index contributed by atoms with van der Waals surface area (Å²) in [5.74, 6) is 0.00104. The fraction of sp³-hybridized carbons (Fsp3) is 0.417. The maximum atomic E-state index is 11.9. The minimum absolute atomic E-state index is 0.00104. The fourth-order valence-corrected chi connectivity index (χ4v) is 1.85. The lowest BCUT2D eigenvalue weighted by Gasteiger charge is -2.24. The van der Waals surface area contributed by atoms with Gasteiger partial charge in [-0.3, -0.25) is 4.79 Å². The van der Waals surface area contributed by atoms with Crippen LogP contribution in [0, 0.1) is 6.07 Å². The molecule has 1 amide bonds. The number of amides is 1. The molecule has 1 heterocycles. The van der Waals surface area contributed by atoms with Gasteiger partial charge in [-0.15, -0.1) is 0 Å². The summed E-state index contributed by atoms with van der Waals surface area (Å²) in [6.07, 6.45) is 0. The molecule has 0 aliphatic carbocycles. The number of rotatable bonds is 2. The average molecular weight is 204 g/mol. The lowest BCUT2D eigenvalue weighted by atomic mass is 10.1. The molecule has 0 fully saturated rings. The SMILES string of the molecule is CC(C)(O)CN1Cc2c[c]ccc2C1=O. The molecule has 1 N–H and O–H groups in total. The van der Waals surface area contributed by atoms with Crippen molar-refractivity contribution in [1.29, 1.82) is 0 Å². The van der Waals surface area contributed by atoms with Gasteiger partial charge in [-0.2, -0.15) is 0 Å². The Kier molecular flexibility index (Phi) is 2.27. The first-order valence-corrected chi connectivity index (χ1v) is 4.98. The van der Waals surface area contributed by atoms with Gasteiger partial charge in [0, 0.05) is 18.7 Å². The molecule has 0 aromatic heterocycles. The molecule has 1 aliphatic rings. The predicted octanol–water partition coefficient (Wildman–Crippen LogP) is 1.21. The van der Waals surface area contributed by atoms with Gasteiger partial charge in [-0.05, 0) is 37.6 Å². The summed E-state index contributed by atoms with van der Waals surface area (Å²) in [5, 5.41) is 9.67. The van der Waals surface area contributed by atoms with Crippen molar-refractivity contribution in [2.75, 3.05) is 6.54 Å². The number of hydrogen-bond donors (Lipinski definition) is 1. The van der Waals surface area contributed by atoms with Gasteiger partial charge in [0.15, 0.2) is 0 Å². The highest BCUT2D eigenvalue weighted by atomic mass is 16.3. The highest BCUT2D eigenvalue weighted by Crippen LogP contribution is 2.23. The molecule has 0 spiro atoms. The fourth-order valence-electron chi connectivity index (χ4n) is 1.85. The summed E-state index contributed by atoms with van der Waals surface area (Å²) < 4.78 is 0. The third-order valence-corrected chi connectivity index (χ3v) is 2.41. The van der Waals surface area contributed by atoms with Gasteiger partial charge in [-0.25, -0.2) is 0 Å². The molecule has 0 saturated carbocycles. The van der Waals surface area contributed by atoms with E-state index in [-0.39, 0.29) is 5.91 Å². The number of benzene rings is 1. The number of carbonyl (C=O) groups is 1. The molecule has 79 valence electrons. The van der Waals surface area contributed by atoms with Gasteiger partial charge in [0.1, 0.15) is 0 Å². The minimum Gasteiger partial charge on any atom is -0.389 e. The summed E-state index contributed by atoms with van der Waals surface area (Å²) in [5.41, 5.74) is 0.881. The summed E-state index contributed by atoms with van der Waals surface area (Å²) in [7, 11) is 0. The van der Waals surface area contributed by atoms with E-state index < -0.39 is 5.60 Å². The van der Waals surface area contributed by atoms with E-state index in [0.717, 1.165) is 11.1 Å². The van der Waals surface area contributed by atoms with Crippen LogP contribution in [0.15, 0.2) is 18.2 Å². The number of hydrogen-bond acceptors (Lipinski definition) is 2. The maximum Gasteiger partial charge on any atom is 0.254 e. The second-order valence-electron chi connectivity index (χ2n) is 4.56. The molecular weight excluding hydrogens is 190 g/mol. The molecule has 1 aliphatic heterocycles.